The van der Waals surface area contributed by atoms with Gasteiger partial charge in [-0.05, 0) is 62.4 Å². The monoisotopic (exact) mass is 469 g/mol. The average molecular weight is 470 g/mol. The van der Waals surface area contributed by atoms with Crippen LogP contribution in [0.3, 0.4) is 0 Å². The maximum Gasteiger partial charge on any atom is 0.266 e. The van der Waals surface area contributed by atoms with Crippen molar-refractivity contribution in [3.63, 3.8) is 0 Å². The fraction of sp³-hybridized carbons (Fsp3) is 0.292. The zero-order valence-corrected chi connectivity index (χ0v) is 19.8. The molecule has 1 aliphatic rings. The van der Waals surface area contributed by atoms with Gasteiger partial charge in [0.25, 0.3) is 5.91 Å². The van der Waals surface area contributed by atoms with Gasteiger partial charge in [-0.3, -0.25) is 14.7 Å². The van der Waals surface area contributed by atoms with Gasteiger partial charge in [0.15, 0.2) is 16.7 Å². The molecular formula is C24H24ClN3O3S. The van der Waals surface area contributed by atoms with E-state index in [0.29, 0.717) is 51.9 Å². The van der Waals surface area contributed by atoms with Crippen LogP contribution in [0.2, 0.25) is 5.02 Å². The van der Waals surface area contributed by atoms with Crippen LogP contribution in [0.5, 0.6) is 11.5 Å². The number of aliphatic imine (C=N–C) groups is 1. The van der Waals surface area contributed by atoms with Crippen molar-refractivity contribution in [3.05, 3.63) is 63.0 Å². The van der Waals surface area contributed by atoms with Crippen LogP contribution in [0.1, 0.15) is 37.5 Å². The Morgan fingerprint density at radius 1 is 1.22 bits per heavy atom. The number of amidine groups is 1. The highest BCUT2D eigenvalue weighted by Crippen LogP contribution is 2.39. The summed E-state index contributed by atoms with van der Waals surface area (Å²) < 4.78 is 11.7. The number of hydrogen-bond acceptors (Lipinski definition) is 6. The first-order chi connectivity index (χ1) is 15.5. The SMILES string of the molecule is CCN=C1S/C(=C\c2cc(Cl)c(OCc3ccccc3C#N)c(OCC)c2)C(=O)N1CC. The first-order valence-corrected chi connectivity index (χ1v) is 11.5. The Morgan fingerprint density at radius 2 is 2.00 bits per heavy atom. The zero-order valence-electron chi connectivity index (χ0n) is 18.2. The second-order valence-electron chi connectivity index (χ2n) is 6.74. The van der Waals surface area contributed by atoms with Crippen molar-refractivity contribution in [1.82, 2.24) is 4.90 Å². The number of benzene rings is 2. The van der Waals surface area contributed by atoms with Crippen molar-refractivity contribution >= 4 is 40.5 Å². The van der Waals surface area contributed by atoms with Crippen molar-refractivity contribution in [2.45, 2.75) is 27.4 Å². The van der Waals surface area contributed by atoms with E-state index in [4.69, 9.17) is 21.1 Å². The molecule has 0 aromatic heterocycles. The number of halogens is 1. The fourth-order valence-corrected chi connectivity index (χ4v) is 4.55. The van der Waals surface area contributed by atoms with Crippen molar-refractivity contribution in [2.75, 3.05) is 19.7 Å². The summed E-state index contributed by atoms with van der Waals surface area (Å²) >= 11 is 7.89. The molecule has 1 amide bonds. The highest BCUT2D eigenvalue weighted by molar-refractivity contribution is 8.18. The molecule has 0 radical (unpaired) electrons. The van der Waals surface area contributed by atoms with Crippen LogP contribution in [0.4, 0.5) is 0 Å². The summed E-state index contributed by atoms with van der Waals surface area (Å²) in [5.41, 5.74) is 2.03. The average Bonchev–Trinajstić information content (AvgIpc) is 3.07. The lowest BCUT2D eigenvalue weighted by molar-refractivity contribution is -0.122. The van der Waals surface area contributed by atoms with E-state index in [1.54, 1.807) is 29.2 Å². The number of carbonyl (C=O) groups excluding carboxylic acids is 1. The molecule has 0 N–H and O–H groups in total. The summed E-state index contributed by atoms with van der Waals surface area (Å²) in [6.07, 6.45) is 1.79. The van der Waals surface area contributed by atoms with Gasteiger partial charge in [0, 0.05) is 18.7 Å². The van der Waals surface area contributed by atoms with Crippen LogP contribution in [0, 0.1) is 11.3 Å². The predicted molar refractivity (Wildman–Crippen MR) is 129 cm³/mol. The normalized spacial score (nSPS) is 16.0. The Morgan fingerprint density at radius 3 is 2.69 bits per heavy atom. The van der Waals surface area contributed by atoms with Crippen LogP contribution in [-0.2, 0) is 11.4 Å². The van der Waals surface area contributed by atoms with Crippen molar-refractivity contribution < 1.29 is 14.3 Å². The van der Waals surface area contributed by atoms with Gasteiger partial charge in [-0.2, -0.15) is 5.26 Å². The molecule has 1 fully saturated rings. The summed E-state index contributed by atoms with van der Waals surface area (Å²) in [6.45, 7) is 7.51. The molecule has 2 aromatic rings. The number of amides is 1. The number of rotatable bonds is 8. The summed E-state index contributed by atoms with van der Waals surface area (Å²) in [6, 6.07) is 12.9. The molecule has 166 valence electrons. The Labute approximate surface area is 197 Å². The van der Waals surface area contributed by atoms with E-state index in [2.05, 4.69) is 11.1 Å². The number of carbonyl (C=O) groups is 1. The molecule has 0 spiro atoms. The molecule has 3 rings (SSSR count). The Balaban J connectivity index is 1.90. The third-order valence-electron chi connectivity index (χ3n) is 4.64. The van der Waals surface area contributed by atoms with E-state index < -0.39 is 0 Å². The molecule has 1 aliphatic heterocycles. The molecule has 1 heterocycles. The van der Waals surface area contributed by atoms with Crippen molar-refractivity contribution in [1.29, 1.82) is 5.26 Å². The van der Waals surface area contributed by atoms with E-state index in [0.717, 1.165) is 11.1 Å². The van der Waals surface area contributed by atoms with Gasteiger partial charge in [-0.25, -0.2) is 0 Å². The number of likely N-dealkylation sites (N-methyl/N-ethyl adjacent to an activating group) is 1. The molecule has 1 saturated heterocycles. The molecule has 6 nitrogen and oxygen atoms in total. The van der Waals surface area contributed by atoms with Gasteiger partial charge in [-0.15, -0.1) is 0 Å². The number of ether oxygens (including phenoxy) is 2. The highest BCUT2D eigenvalue weighted by Gasteiger charge is 2.32. The lowest BCUT2D eigenvalue weighted by Crippen LogP contribution is -2.28. The molecular weight excluding hydrogens is 446 g/mol. The summed E-state index contributed by atoms with van der Waals surface area (Å²) in [7, 11) is 0. The van der Waals surface area contributed by atoms with Gasteiger partial charge in [0.05, 0.1) is 28.2 Å². The maximum absolute atomic E-state index is 12.7. The van der Waals surface area contributed by atoms with Crippen LogP contribution in [0.25, 0.3) is 6.08 Å². The molecule has 0 atom stereocenters. The maximum atomic E-state index is 12.7. The third-order valence-corrected chi connectivity index (χ3v) is 5.96. The molecule has 8 heteroatoms. The fourth-order valence-electron chi connectivity index (χ4n) is 3.17. The second kappa shape index (κ2) is 11.1. The quantitative estimate of drug-likeness (QED) is 0.477. The van der Waals surface area contributed by atoms with Crippen LogP contribution in [0.15, 0.2) is 46.3 Å². The van der Waals surface area contributed by atoms with Gasteiger partial charge < -0.3 is 9.47 Å². The predicted octanol–water partition coefficient (Wildman–Crippen LogP) is 5.50. The van der Waals surface area contributed by atoms with Gasteiger partial charge in [0.1, 0.15) is 6.61 Å². The molecule has 0 bridgehead atoms. The highest BCUT2D eigenvalue weighted by atomic mass is 35.5. The standard InChI is InChI=1S/C24H24ClN3O3S/c1-4-27-24-28(5-2)23(29)21(32-24)13-16-11-19(25)22(20(12-16)30-6-3)31-15-18-10-8-7-9-17(18)14-26/h7-13H,4-6,15H2,1-3H3/b21-13-,27-24?. The van der Waals surface area contributed by atoms with Crippen molar-refractivity contribution in [3.8, 4) is 17.6 Å². The number of hydrogen-bond donors (Lipinski definition) is 0. The Kier molecular flexibility index (Phi) is 8.20. The van der Waals surface area contributed by atoms with Crippen LogP contribution in [-0.4, -0.2) is 35.7 Å². The van der Waals surface area contributed by atoms with E-state index >= 15 is 0 Å². The molecule has 0 saturated carbocycles. The summed E-state index contributed by atoms with van der Waals surface area (Å²) in [4.78, 5) is 19.4. The molecule has 2 aromatic carbocycles. The van der Waals surface area contributed by atoms with Gasteiger partial charge >= 0.3 is 0 Å². The Hall–Kier alpha value is -2.95. The van der Waals surface area contributed by atoms with Crippen molar-refractivity contribution in [2.24, 2.45) is 4.99 Å². The number of nitrogens with zero attached hydrogens (tertiary/aromatic N) is 3. The van der Waals surface area contributed by atoms with Crippen LogP contribution < -0.4 is 9.47 Å². The van der Waals surface area contributed by atoms with E-state index in [9.17, 15) is 10.1 Å². The summed E-state index contributed by atoms with van der Waals surface area (Å²) in [5.74, 6) is 0.802. The summed E-state index contributed by atoms with van der Waals surface area (Å²) in [5, 5.41) is 10.4. The molecule has 0 unspecified atom stereocenters. The zero-order chi connectivity index (χ0) is 23.1. The Bertz CT molecular complexity index is 1110. The van der Waals surface area contributed by atoms with Gasteiger partial charge in [0.2, 0.25) is 0 Å². The van der Waals surface area contributed by atoms with Crippen LogP contribution >= 0.6 is 23.4 Å². The van der Waals surface area contributed by atoms with E-state index in [1.165, 1.54) is 11.8 Å². The third kappa shape index (κ3) is 5.26. The minimum absolute atomic E-state index is 0.0766. The first-order valence-electron chi connectivity index (χ1n) is 10.3. The molecule has 32 heavy (non-hydrogen) atoms. The number of nitriles is 1. The van der Waals surface area contributed by atoms with Gasteiger partial charge in [-0.1, -0.05) is 29.8 Å². The largest absolute Gasteiger partial charge is 0.490 e. The van der Waals surface area contributed by atoms with E-state index in [1.807, 2.05) is 39.0 Å². The minimum Gasteiger partial charge on any atom is -0.490 e. The molecule has 0 aliphatic carbocycles. The second-order valence-corrected chi connectivity index (χ2v) is 8.15. The minimum atomic E-state index is -0.0766. The first kappa shape index (κ1) is 23.7. The van der Waals surface area contributed by atoms with E-state index in [-0.39, 0.29) is 12.5 Å². The lowest BCUT2D eigenvalue weighted by atomic mass is 10.1. The number of thioether (sulfide) groups is 1. The lowest BCUT2D eigenvalue weighted by Gasteiger charge is -2.15. The topological polar surface area (TPSA) is 74.9 Å². The smallest absolute Gasteiger partial charge is 0.266 e.